The monoisotopic (exact) mass is 318 g/mol. The van der Waals surface area contributed by atoms with Gasteiger partial charge >= 0.3 is 0 Å². The van der Waals surface area contributed by atoms with Crippen LogP contribution in [0.15, 0.2) is 24.3 Å². The van der Waals surface area contributed by atoms with Crippen molar-refractivity contribution in [1.29, 1.82) is 0 Å². The smallest absolute Gasteiger partial charge is 0.263 e. The zero-order valence-corrected chi connectivity index (χ0v) is 13.2. The molecule has 2 aliphatic rings. The van der Waals surface area contributed by atoms with Gasteiger partial charge in [-0.15, -0.1) is 11.3 Å². The molecule has 2 saturated heterocycles. The van der Waals surface area contributed by atoms with Gasteiger partial charge in [0.2, 0.25) is 0 Å². The molecular formula is C17H19FN2OS. The Hall–Kier alpha value is -1.46. The number of rotatable bonds is 1. The van der Waals surface area contributed by atoms with Gasteiger partial charge in [-0.2, -0.15) is 0 Å². The van der Waals surface area contributed by atoms with Gasteiger partial charge in [0.25, 0.3) is 5.91 Å². The summed E-state index contributed by atoms with van der Waals surface area (Å²) in [6, 6.07) is 6.53. The van der Waals surface area contributed by atoms with E-state index in [2.05, 4.69) is 5.32 Å². The maximum Gasteiger partial charge on any atom is 0.263 e. The fourth-order valence-corrected chi connectivity index (χ4v) is 4.69. The van der Waals surface area contributed by atoms with Gasteiger partial charge in [-0.25, -0.2) is 4.39 Å². The number of nitrogens with one attached hydrogen (secondary N) is 1. The molecule has 1 aromatic heterocycles. The van der Waals surface area contributed by atoms with Gasteiger partial charge in [0.15, 0.2) is 0 Å². The summed E-state index contributed by atoms with van der Waals surface area (Å²) < 4.78 is 14.2. The van der Waals surface area contributed by atoms with Crippen molar-refractivity contribution in [2.45, 2.75) is 19.3 Å². The number of nitrogens with zero attached hydrogens (tertiary/aromatic N) is 1. The number of carbonyl (C=O) groups is 1. The van der Waals surface area contributed by atoms with E-state index in [0.717, 1.165) is 54.0 Å². The molecule has 1 spiro atoms. The average molecular weight is 318 g/mol. The molecule has 116 valence electrons. The Balaban J connectivity index is 1.51. The lowest BCUT2D eigenvalue weighted by atomic mass is 9.78. The number of likely N-dealkylation sites (tertiary alicyclic amines) is 1. The van der Waals surface area contributed by atoms with E-state index in [0.29, 0.717) is 5.41 Å². The van der Waals surface area contributed by atoms with Crippen LogP contribution < -0.4 is 5.32 Å². The largest absolute Gasteiger partial charge is 0.338 e. The Bertz CT molecular complexity index is 711. The van der Waals surface area contributed by atoms with Crippen molar-refractivity contribution in [1.82, 2.24) is 10.2 Å². The van der Waals surface area contributed by atoms with Crippen molar-refractivity contribution in [2.24, 2.45) is 5.41 Å². The van der Waals surface area contributed by atoms with Crippen LogP contribution in [0.25, 0.3) is 10.1 Å². The van der Waals surface area contributed by atoms with Crippen LogP contribution in [0.3, 0.4) is 0 Å². The molecule has 4 rings (SSSR count). The Morgan fingerprint density at radius 1 is 1.23 bits per heavy atom. The average Bonchev–Trinajstić information content (AvgIpc) is 3.14. The third kappa shape index (κ3) is 2.42. The van der Waals surface area contributed by atoms with E-state index >= 15 is 0 Å². The molecule has 0 radical (unpaired) electrons. The highest BCUT2D eigenvalue weighted by molar-refractivity contribution is 7.20. The zero-order chi connectivity index (χ0) is 15.2. The topological polar surface area (TPSA) is 32.3 Å². The standard InChI is InChI=1S/C17H19FN2OS/c18-13-1-2-14-12(9-13)10-15(22-14)16(21)20-7-4-17(5-8-20)3-6-19-11-17/h1-2,9-10,19H,3-8,11H2. The van der Waals surface area contributed by atoms with Crippen molar-refractivity contribution in [3.05, 3.63) is 35.0 Å². The Labute approximate surface area is 133 Å². The molecule has 1 aromatic carbocycles. The number of fused-ring (bicyclic) bond motifs is 1. The van der Waals surface area contributed by atoms with E-state index in [1.807, 2.05) is 11.0 Å². The first-order chi connectivity index (χ1) is 10.7. The Morgan fingerprint density at radius 3 is 2.77 bits per heavy atom. The summed E-state index contributed by atoms with van der Waals surface area (Å²) in [5.41, 5.74) is 0.417. The summed E-state index contributed by atoms with van der Waals surface area (Å²) in [7, 11) is 0. The number of halogens is 1. The fraction of sp³-hybridized carbons (Fsp3) is 0.471. The van der Waals surface area contributed by atoms with Gasteiger partial charge in [-0.05, 0) is 60.9 Å². The summed E-state index contributed by atoms with van der Waals surface area (Å²) >= 11 is 1.46. The number of thiophene rings is 1. The highest BCUT2D eigenvalue weighted by Gasteiger charge is 2.38. The van der Waals surface area contributed by atoms with Gasteiger partial charge in [0, 0.05) is 24.3 Å². The quantitative estimate of drug-likeness (QED) is 0.875. The first-order valence-electron chi connectivity index (χ1n) is 7.84. The van der Waals surface area contributed by atoms with Crippen LogP contribution in [-0.4, -0.2) is 37.0 Å². The lowest BCUT2D eigenvalue weighted by molar-refractivity contribution is 0.0612. The second-order valence-electron chi connectivity index (χ2n) is 6.51. The Kier molecular flexibility index (Phi) is 3.42. The molecule has 0 saturated carbocycles. The predicted octanol–water partition coefficient (Wildman–Crippen LogP) is 3.26. The van der Waals surface area contributed by atoms with E-state index in [1.165, 1.54) is 29.9 Å². The predicted molar refractivity (Wildman–Crippen MR) is 86.8 cm³/mol. The van der Waals surface area contributed by atoms with E-state index in [9.17, 15) is 9.18 Å². The summed E-state index contributed by atoms with van der Waals surface area (Å²) in [6.07, 6.45) is 3.41. The normalized spacial score (nSPS) is 20.9. The lowest BCUT2D eigenvalue weighted by Crippen LogP contribution is -2.43. The number of hydrogen-bond acceptors (Lipinski definition) is 3. The lowest BCUT2D eigenvalue weighted by Gasteiger charge is -2.38. The molecular weight excluding hydrogens is 299 g/mol. The molecule has 3 heterocycles. The van der Waals surface area contributed by atoms with Crippen LogP contribution in [-0.2, 0) is 0 Å². The van der Waals surface area contributed by atoms with Crippen molar-refractivity contribution < 1.29 is 9.18 Å². The second kappa shape index (κ2) is 5.32. The minimum atomic E-state index is -0.252. The summed E-state index contributed by atoms with van der Waals surface area (Å²) in [4.78, 5) is 15.4. The number of benzene rings is 1. The molecule has 0 bridgehead atoms. The number of hydrogen-bond donors (Lipinski definition) is 1. The third-order valence-electron chi connectivity index (χ3n) is 5.13. The highest BCUT2D eigenvalue weighted by atomic mass is 32.1. The van der Waals surface area contributed by atoms with Gasteiger partial charge in [-0.1, -0.05) is 0 Å². The van der Waals surface area contributed by atoms with Crippen LogP contribution in [0.4, 0.5) is 4.39 Å². The third-order valence-corrected chi connectivity index (χ3v) is 6.24. The van der Waals surface area contributed by atoms with Gasteiger partial charge < -0.3 is 10.2 Å². The van der Waals surface area contributed by atoms with Crippen molar-refractivity contribution >= 4 is 27.3 Å². The van der Waals surface area contributed by atoms with E-state index in [1.54, 1.807) is 6.07 Å². The molecule has 2 fully saturated rings. The van der Waals surface area contributed by atoms with Crippen molar-refractivity contribution in [3.63, 3.8) is 0 Å². The van der Waals surface area contributed by atoms with Gasteiger partial charge in [0.1, 0.15) is 5.82 Å². The first-order valence-corrected chi connectivity index (χ1v) is 8.66. The molecule has 2 aromatic rings. The first kappa shape index (κ1) is 14.2. The molecule has 0 aliphatic carbocycles. The van der Waals surface area contributed by atoms with Crippen LogP contribution in [0.2, 0.25) is 0 Å². The van der Waals surface area contributed by atoms with Crippen molar-refractivity contribution in [3.8, 4) is 0 Å². The minimum absolute atomic E-state index is 0.0995. The highest BCUT2D eigenvalue weighted by Crippen LogP contribution is 2.37. The van der Waals surface area contributed by atoms with Crippen LogP contribution in [0, 0.1) is 11.2 Å². The molecule has 3 nitrogen and oxygen atoms in total. The minimum Gasteiger partial charge on any atom is -0.338 e. The van der Waals surface area contributed by atoms with Gasteiger partial charge in [-0.3, -0.25) is 4.79 Å². The Morgan fingerprint density at radius 2 is 2.05 bits per heavy atom. The maximum atomic E-state index is 13.3. The SMILES string of the molecule is O=C(c1cc2cc(F)ccc2s1)N1CCC2(CCNC2)CC1. The van der Waals surface area contributed by atoms with Crippen LogP contribution in [0.5, 0.6) is 0 Å². The molecule has 0 atom stereocenters. The summed E-state index contributed by atoms with van der Waals surface area (Å²) in [6.45, 7) is 3.87. The van der Waals surface area contributed by atoms with E-state index < -0.39 is 0 Å². The second-order valence-corrected chi connectivity index (χ2v) is 7.60. The molecule has 0 unspecified atom stereocenters. The van der Waals surface area contributed by atoms with Gasteiger partial charge in [0.05, 0.1) is 4.88 Å². The molecule has 5 heteroatoms. The van der Waals surface area contributed by atoms with Crippen molar-refractivity contribution in [2.75, 3.05) is 26.2 Å². The molecule has 22 heavy (non-hydrogen) atoms. The zero-order valence-electron chi connectivity index (χ0n) is 12.4. The van der Waals surface area contributed by atoms with E-state index in [4.69, 9.17) is 0 Å². The molecule has 1 amide bonds. The molecule has 2 aliphatic heterocycles. The van der Waals surface area contributed by atoms with Crippen LogP contribution >= 0.6 is 11.3 Å². The van der Waals surface area contributed by atoms with Crippen LogP contribution in [0.1, 0.15) is 28.9 Å². The fourth-order valence-electron chi connectivity index (χ4n) is 3.68. The summed E-state index contributed by atoms with van der Waals surface area (Å²) in [5, 5.41) is 4.27. The maximum absolute atomic E-state index is 13.3. The van der Waals surface area contributed by atoms with E-state index in [-0.39, 0.29) is 11.7 Å². The molecule has 1 N–H and O–H groups in total. The summed E-state index contributed by atoms with van der Waals surface area (Å²) in [5.74, 6) is -0.152. The number of amides is 1. The number of piperidine rings is 1. The number of carbonyl (C=O) groups excluding carboxylic acids is 1.